The van der Waals surface area contributed by atoms with Crippen molar-refractivity contribution in [1.82, 2.24) is 19.0 Å². The van der Waals surface area contributed by atoms with E-state index in [1.807, 2.05) is 12.1 Å². The number of aryl methyl sites for hydroxylation is 2. The van der Waals surface area contributed by atoms with Gasteiger partial charge in [-0.1, -0.05) is 6.08 Å². The molecule has 4 aliphatic rings. The highest BCUT2D eigenvalue weighted by molar-refractivity contribution is 6.07. The number of alkyl halides is 2. The summed E-state index contributed by atoms with van der Waals surface area (Å²) in [4.78, 5) is 37.8. The van der Waals surface area contributed by atoms with Crippen LogP contribution in [0, 0.1) is 5.82 Å². The molecule has 2 N–H and O–H groups in total. The molecule has 14 heteroatoms. The maximum absolute atomic E-state index is 15.4. The van der Waals surface area contributed by atoms with Gasteiger partial charge in [-0.05, 0) is 53.9 Å². The first-order valence-corrected chi connectivity index (χ1v) is 17.5. The molecule has 0 spiro atoms. The molecule has 3 aliphatic heterocycles. The number of fused-ring (bicyclic) bond motifs is 3. The molecule has 52 heavy (non-hydrogen) atoms. The van der Waals surface area contributed by atoms with Crippen molar-refractivity contribution in [3.8, 4) is 11.1 Å². The predicted molar refractivity (Wildman–Crippen MR) is 191 cm³/mol. The number of carbonyl (C=O) groups is 1. The van der Waals surface area contributed by atoms with Crippen LogP contribution in [0.4, 0.5) is 36.1 Å². The number of aromatic nitrogens is 3. The first-order chi connectivity index (χ1) is 25.0. The number of carbonyl (C=O) groups excluding carboxylic acids is 1. The molecule has 1 atom stereocenters. The zero-order valence-electron chi connectivity index (χ0n) is 28.8. The van der Waals surface area contributed by atoms with Crippen LogP contribution in [0.3, 0.4) is 0 Å². The minimum atomic E-state index is -2.83. The van der Waals surface area contributed by atoms with Crippen molar-refractivity contribution in [2.45, 2.75) is 50.4 Å². The molecule has 0 saturated carbocycles. The Labute approximate surface area is 298 Å². The van der Waals surface area contributed by atoms with Crippen LogP contribution in [0.2, 0.25) is 0 Å². The number of hydrogen-bond donors (Lipinski definition) is 2. The molecule has 0 unspecified atom stereocenters. The average molecular weight is 716 g/mol. The van der Waals surface area contributed by atoms with Crippen LogP contribution < -0.4 is 20.7 Å². The normalized spacial score (nSPS) is 20.3. The number of amides is 1. The molecule has 272 valence electrons. The van der Waals surface area contributed by atoms with E-state index in [1.54, 1.807) is 42.2 Å². The fraction of sp³-hybridized carbons (Fsp3) is 0.395. The smallest absolute Gasteiger partial charge is 0.274 e. The standard InChI is InChI=1S/C38H40F3N7O4/c1-3-26-19-45(28-21-52-22-28)8-9-46(26)27-4-5-35(42-17-27)43-31-12-24(18-44(2)36(31)50)29-14-25(39)15-32(30(29)20-49)48-11-10-47-33(37(48)51)13-23-6-7-38(40,41)16-34(23)47/h3-5,12-15,17-18,26,28,49H,1,6-11,16,19-22H2,2H3,(H,42,43)/t26-/m0/s1. The fourth-order valence-electron chi connectivity index (χ4n) is 7.95. The van der Waals surface area contributed by atoms with Gasteiger partial charge in [-0.15, -0.1) is 6.58 Å². The second-order valence-electron chi connectivity index (χ2n) is 14.0. The van der Waals surface area contributed by atoms with E-state index in [2.05, 4.69) is 26.7 Å². The van der Waals surface area contributed by atoms with E-state index in [0.29, 0.717) is 34.2 Å². The number of aliphatic hydroxyl groups is 1. The molecule has 6 heterocycles. The summed E-state index contributed by atoms with van der Waals surface area (Å²) in [7, 11) is 1.57. The summed E-state index contributed by atoms with van der Waals surface area (Å²) < 4.78 is 52.3. The van der Waals surface area contributed by atoms with E-state index in [1.165, 1.54) is 21.6 Å². The largest absolute Gasteiger partial charge is 0.392 e. The van der Waals surface area contributed by atoms with Gasteiger partial charge in [0.2, 0.25) is 0 Å². The molecular weight excluding hydrogens is 675 g/mol. The monoisotopic (exact) mass is 715 g/mol. The Hall–Kier alpha value is -4.92. The number of hydrogen-bond acceptors (Lipinski definition) is 8. The van der Waals surface area contributed by atoms with Gasteiger partial charge in [-0.2, -0.15) is 0 Å². The minimum Gasteiger partial charge on any atom is -0.392 e. The van der Waals surface area contributed by atoms with E-state index in [0.717, 1.165) is 44.1 Å². The van der Waals surface area contributed by atoms with Crippen LogP contribution in [0.1, 0.15) is 33.7 Å². The second kappa shape index (κ2) is 13.2. The summed E-state index contributed by atoms with van der Waals surface area (Å²) in [5.74, 6) is -3.50. The zero-order valence-corrected chi connectivity index (χ0v) is 28.8. The van der Waals surface area contributed by atoms with E-state index < -0.39 is 30.7 Å². The molecule has 3 aromatic heterocycles. The number of ether oxygens (including phenoxy) is 1. The Kier molecular flexibility index (Phi) is 8.71. The van der Waals surface area contributed by atoms with Crippen molar-refractivity contribution in [3.63, 3.8) is 0 Å². The molecule has 11 nitrogen and oxygen atoms in total. The third-order valence-electron chi connectivity index (χ3n) is 10.8. The van der Waals surface area contributed by atoms with E-state index >= 15 is 4.39 Å². The third kappa shape index (κ3) is 6.07. The zero-order chi connectivity index (χ0) is 36.3. The van der Waals surface area contributed by atoms with Gasteiger partial charge in [0, 0.05) is 69.2 Å². The molecule has 0 radical (unpaired) electrons. The quantitative estimate of drug-likeness (QED) is 0.258. The number of pyridine rings is 2. The summed E-state index contributed by atoms with van der Waals surface area (Å²) in [5.41, 5.74) is 3.43. The predicted octanol–water partition coefficient (Wildman–Crippen LogP) is 4.48. The summed E-state index contributed by atoms with van der Waals surface area (Å²) >= 11 is 0. The van der Waals surface area contributed by atoms with Gasteiger partial charge < -0.3 is 34.1 Å². The van der Waals surface area contributed by atoms with Crippen LogP contribution in [0.25, 0.3) is 11.1 Å². The van der Waals surface area contributed by atoms with Crippen LogP contribution in [0.15, 0.2) is 66.2 Å². The lowest BCUT2D eigenvalue weighted by molar-refractivity contribution is -0.0682. The summed E-state index contributed by atoms with van der Waals surface area (Å²) in [6.07, 6.45) is 4.73. The Morgan fingerprint density at radius 3 is 2.65 bits per heavy atom. The molecule has 2 fully saturated rings. The van der Waals surface area contributed by atoms with Crippen LogP contribution in [-0.4, -0.2) is 87.4 Å². The number of benzene rings is 1. The van der Waals surface area contributed by atoms with Gasteiger partial charge in [0.1, 0.15) is 23.0 Å². The number of halogens is 3. The molecule has 2 saturated heterocycles. The Bertz CT molecular complexity index is 2110. The van der Waals surface area contributed by atoms with Gasteiger partial charge in [0.05, 0.1) is 55.9 Å². The van der Waals surface area contributed by atoms with Crippen molar-refractivity contribution in [2.24, 2.45) is 7.05 Å². The summed E-state index contributed by atoms with van der Waals surface area (Å²) in [6, 6.07) is 9.99. The number of nitrogens with zero attached hydrogens (tertiary/aromatic N) is 6. The molecular formula is C38H40F3N7O4. The maximum atomic E-state index is 15.4. The first kappa shape index (κ1) is 34.2. The SMILES string of the molecule is C=C[C@H]1CN(C2COC2)CCN1c1ccc(Nc2cc(-c3cc(F)cc(N4CCn5c(cc6c5CC(F)(F)CC6)C4=O)c3CO)cn(C)c2=O)nc1. The number of anilines is 4. The molecule has 8 rings (SSSR count). The van der Waals surface area contributed by atoms with Gasteiger partial charge in [-0.3, -0.25) is 14.5 Å². The highest BCUT2D eigenvalue weighted by Gasteiger charge is 2.40. The highest BCUT2D eigenvalue weighted by atomic mass is 19.3. The Balaban J connectivity index is 1.06. The number of piperazine rings is 1. The molecule has 1 aliphatic carbocycles. The lowest BCUT2D eigenvalue weighted by Crippen LogP contribution is -2.60. The van der Waals surface area contributed by atoms with Crippen molar-refractivity contribution in [3.05, 3.63) is 100 Å². The van der Waals surface area contributed by atoms with E-state index in [-0.39, 0.29) is 54.6 Å². The van der Waals surface area contributed by atoms with Crippen molar-refractivity contribution >= 4 is 28.8 Å². The van der Waals surface area contributed by atoms with E-state index in [4.69, 9.17) is 4.74 Å². The lowest BCUT2D eigenvalue weighted by Gasteiger charge is -2.46. The van der Waals surface area contributed by atoms with Gasteiger partial charge in [0.25, 0.3) is 17.4 Å². The third-order valence-corrected chi connectivity index (χ3v) is 10.8. The Morgan fingerprint density at radius 1 is 1.12 bits per heavy atom. The van der Waals surface area contributed by atoms with Crippen molar-refractivity contribution in [1.29, 1.82) is 0 Å². The van der Waals surface area contributed by atoms with Crippen molar-refractivity contribution in [2.75, 3.05) is 54.5 Å². The summed E-state index contributed by atoms with van der Waals surface area (Å²) in [5, 5.41) is 13.8. The van der Waals surface area contributed by atoms with Crippen molar-refractivity contribution < 1.29 is 27.8 Å². The summed E-state index contributed by atoms with van der Waals surface area (Å²) in [6.45, 7) is 7.97. The fourth-order valence-corrected chi connectivity index (χ4v) is 7.95. The molecule has 1 aromatic carbocycles. The topological polar surface area (TPSA) is 108 Å². The molecule has 4 aromatic rings. The van der Waals surface area contributed by atoms with Gasteiger partial charge in [0.15, 0.2) is 0 Å². The van der Waals surface area contributed by atoms with Crippen LogP contribution in [-0.2, 0) is 37.8 Å². The number of nitrogens with one attached hydrogen (secondary N) is 1. The lowest BCUT2D eigenvalue weighted by atomic mass is 9.94. The van der Waals surface area contributed by atoms with Gasteiger partial charge >= 0.3 is 0 Å². The minimum absolute atomic E-state index is 0.106. The maximum Gasteiger partial charge on any atom is 0.274 e. The van der Waals surface area contributed by atoms with Crippen LogP contribution >= 0.6 is 0 Å². The van der Waals surface area contributed by atoms with Gasteiger partial charge in [-0.25, -0.2) is 18.2 Å². The molecule has 1 amide bonds. The van der Waals surface area contributed by atoms with E-state index in [9.17, 15) is 23.5 Å². The average Bonchev–Trinajstić information content (AvgIpc) is 3.47. The number of rotatable bonds is 8. The Morgan fingerprint density at radius 2 is 1.94 bits per heavy atom. The van der Waals surface area contributed by atoms with Crippen LogP contribution in [0.5, 0.6) is 0 Å². The second-order valence-corrected chi connectivity index (χ2v) is 14.0. The number of aliphatic hydroxyl groups excluding tert-OH is 1. The molecule has 0 bridgehead atoms. The highest BCUT2D eigenvalue weighted by Crippen LogP contribution is 2.39. The first-order valence-electron chi connectivity index (χ1n) is 17.5.